The van der Waals surface area contributed by atoms with E-state index in [9.17, 15) is 0 Å². The van der Waals surface area contributed by atoms with Crippen LogP contribution < -0.4 is 5.73 Å². The predicted molar refractivity (Wildman–Crippen MR) is 50.3 cm³/mol. The number of nitrogens with zero attached hydrogens (tertiary/aromatic N) is 5. The van der Waals surface area contributed by atoms with Crippen molar-refractivity contribution in [2.45, 2.75) is 13.0 Å². The zero-order chi connectivity index (χ0) is 9.97. The fourth-order valence-corrected chi connectivity index (χ4v) is 1.17. The summed E-state index contributed by atoms with van der Waals surface area (Å²) in [4.78, 5) is 11.8. The third kappa shape index (κ3) is 1.54. The summed E-state index contributed by atoms with van der Waals surface area (Å²) in [6.45, 7) is 1.97. The van der Waals surface area contributed by atoms with Gasteiger partial charge in [0.25, 0.3) is 0 Å². The number of anilines is 1. The largest absolute Gasteiger partial charge is 0.368 e. The Labute approximate surface area is 80.8 Å². The van der Waals surface area contributed by atoms with Gasteiger partial charge in [0.2, 0.25) is 5.95 Å². The molecule has 0 bridgehead atoms. The molecule has 0 fully saturated rings. The highest BCUT2D eigenvalue weighted by molar-refractivity contribution is 5.19. The molecule has 0 aliphatic heterocycles. The SMILES string of the molecule is CC(c1ccnc(N)n1)n1cncn1. The fraction of sp³-hybridized carbons (Fsp3) is 0.250. The smallest absolute Gasteiger partial charge is 0.220 e. The molecule has 0 spiro atoms. The van der Waals surface area contributed by atoms with Crippen molar-refractivity contribution in [3.05, 3.63) is 30.6 Å². The third-order valence-corrected chi connectivity index (χ3v) is 1.96. The Hall–Kier alpha value is -1.98. The number of hydrogen-bond donors (Lipinski definition) is 1. The van der Waals surface area contributed by atoms with Crippen molar-refractivity contribution in [2.24, 2.45) is 0 Å². The van der Waals surface area contributed by atoms with Crippen LogP contribution in [0.2, 0.25) is 0 Å². The topological polar surface area (TPSA) is 82.5 Å². The van der Waals surface area contributed by atoms with Gasteiger partial charge in [-0.3, -0.25) is 0 Å². The first-order chi connectivity index (χ1) is 6.77. The van der Waals surface area contributed by atoms with Crippen molar-refractivity contribution < 1.29 is 0 Å². The van der Waals surface area contributed by atoms with Crippen LogP contribution in [0.4, 0.5) is 5.95 Å². The highest BCUT2D eigenvalue weighted by atomic mass is 15.3. The average Bonchev–Trinajstić information content (AvgIpc) is 2.69. The van der Waals surface area contributed by atoms with E-state index >= 15 is 0 Å². The van der Waals surface area contributed by atoms with Gasteiger partial charge in [-0.2, -0.15) is 5.10 Å². The van der Waals surface area contributed by atoms with Crippen molar-refractivity contribution >= 4 is 5.95 Å². The summed E-state index contributed by atoms with van der Waals surface area (Å²) in [6, 6.07) is 1.82. The zero-order valence-electron chi connectivity index (χ0n) is 7.70. The summed E-state index contributed by atoms with van der Waals surface area (Å²) >= 11 is 0. The van der Waals surface area contributed by atoms with E-state index in [1.165, 1.54) is 6.33 Å². The Morgan fingerprint density at radius 2 is 2.36 bits per heavy atom. The maximum atomic E-state index is 5.48. The predicted octanol–water partition coefficient (Wildman–Crippen LogP) is 0.260. The molecule has 0 aromatic carbocycles. The van der Waals surface area contributed by atoms with Gasteiger partial charge in [0, 0.05) is 6.20 Å². The van der Waals surface area contributed by atoms with Crippen LogP contribution in [0.15, 0.2) is 24.9 Å². The van der Waals surface area contributed by atoms with Gasteiger partial charge in [-0.1, -0.05) is 0 Å². The lowest BCUT2D eigenvalue weighted by Gasteiger charge is -2.10. The fourth-order valence-electron chi connectivity index (χ4n) is 1.17. The minimum Gasteiger partial charge on any atom is -0.368 e. The first-order valence-corrected chi connectivity index (χ1v) is 4.20. The minimum absolute atomic E-state index is 0.0165. The Balaban J connectivity index is 2.32. The molecule has 2 aromatic heterocycles. The van der Waals surface area contributed by atoms with Crippen molar-refractivity contribution in [1.82, 2.24) is 24.7 Å². The van der Waals surface area contributed by atoms with Gasteiger partial charge in [-0.05, 0) is 13.0 Å². The van der Waals surface area contributed by atoms with Gasteiger partial charge in [0.15, 0.2) is 0 Å². The molecular formula is C8H10N6. The molecule has 0 saturated carbocycles. The Kier molecular flexibility index (Phi) is 2.10. The molecule has 72 valence electrons. The summed E-state index contributed by atoms with van der Waals surface area (Å²) in [5, 5.41) is 4.03. The van der Waals surface area contributed by atoms with Gasteiger partial charge in [0.1, 0.15) is 12.7 Å². The normalized spacial score (nSPS) is 12.6. The second kappa shape index (κ2) is 3.41. The Morgan fingerprint density at radius 3 is 3.00 bits per heavy atom. The monoisotopic (exact) mass is 190 g/mol. The van der Waals surface area contributed by atoms with Gasteiger partial charge in [0.05, 0.1) is 11.7 Å². The lowest BCUT2D eigenvalue weighted by Crippen LogP contribution is -2.10. The van der Waals surface area contributed by atoms with Crippen LogP contribution in [0.1, 0.15) is 18.7 Å². The van der Waals surface area contributed by atoms with Gasteiger partial charge >= 0.3 is 0 Å². The summed E-state index contributed by atoms with van der Waals surface area (Å²) in [5.74, 6) is 0.273. The summed E-state index contributed by atoms with van der Waals surface area (Å²) in [7, 11) is 0. The van der Waals surface area contributed by atoms with E-state index in [1.54, 1.807) is 17.2 Å². The molecule has 2 heterocycles. The molecule has 1 atom stereocenters. The molecule has 6 heteroatoms. The molecule has 2 aromatic rings. The summed E-state index contributed by atoms with van der Waals surface area (Å²) < 4.78 is 1.71. The molecule has 0 aliphatic carbocycles. The second-order valence-corrected chi connectivity index (χ2v) is 2.89. The maximum absolute atomic E-state index is 5.48. The maximum Gasteiger partial charge on any atom is 0.220 e. The van der Waals surface area contributed by atoms with Crippen LogP contribution in [0, 0.1) is 0 Å². The second-order valence-electron chi connectivity index (χ2n) is 2.89. The average molecular weight is 190 g/mol. The van der Waals surface area contributed by atoms with Gasteiger partial charge in [-0.25, -0.2) is 19.6 Å². The van der Waals surface area contributed by atoms with E-state index in [0.29, 0.717) is 0 Å². The number of hydrogen-bond acceptors (Lipinski definition) is 5. The number of nitrogens with two attached hydrogens (primary N) is 1. The molecule has 1 unspecified atom stereocenters. The molecule has 6 nitrogen and oxygen atoms in total. The molecule has 0 saturated heterocycles. The van der Waals surface area contributed by atoms with Crippen molar-refractivity contribution in [2.75, 3.05) is 5.73 Å². The molecule has 0 amide bonds. The van der Waals surface area contributed by atoms with E-state index in [0.717, 1.165) is 5.69 Å². The molecule has 0 aliphatic rings. The van der Waals surface area contributed by atoms with Crippen LogP contribution in [-0.2, 0) is 0 Å². The number of rotatable bonds is 2. The zero-order valence-corrected chi connectivity index (χ0v) is 7.70. The van der Waals surface area contributed by atoms with Crippen molar-refractivity contribution in [3.8, 4) is 0 Å². The summed E-state index contributed by atoms with van der Waals surface area (Å²) in [5.41, 5.74) is 6.30. The number of nitrogen functional groups attached to an aromatic ring is 1. The van der Waals surface area contributed by atoms with Gasteiger partial charge in [-0.15, -0.1) is 0 Å². The van der Waals surface area contributed by atoms with E-state index in [-0.39, 0.29) is 12.0 Å². The van der Waals surface area contributed by atoms with Crippen molar-refractivity contribution in [1.29, 1.82) is 0 Å². The molecule has 14 heavy (non-hydrogen) atoms. The van der Waals surface area contributed by atoms with Crippen molar-refractivity contribution in [3.63, 3.8) is 0 Å². The number of aromatic nitrogens is 5. The molecule has 2 N–H and O–H groups in total. The van der Waals surface area contributed by atoms with Gasteiger partial charge < -0.3 is 5.73 Å². The molecular weight excluding hydrogens is 180 g/mol. The van der Waals surface area contributed by atoms with E-state index in [4.69, 9.17) is 5.73 Å². The van der Waals surface area contributed by atoms with Crippen LogP contribution in [0.5, 0.6) is 0 Å². The highest BCUT2D eigenvalue weighted by Crippen LogP contribution is 2.13. The highest BCUT2D eigenvalue weighted by Gasteiger charge is 2.09. The minimum atomic E-state index is 0.0165. The third-order valence-electron chi connectivity index (χ3n) is 1.96. The molecule has 2 rings (SSSR count). The van der Waals surface area contributed by atoms with Crippen LogP contribution in [0.3, 0.4) is 0 Å². The first kappa shape index (κ1) is 8.61. The van der Waals surface area contributed by atoms with E-state index < -0.39 is 0 Å². The summed E-state index contributed by atoms with van der Waals surface area (Å²) in [6.07, 6.45) is 4.76. The standard InChI is InChI=1S/C8H10N6/c1-6(14-5-10-4-12-14)7-2-3-11-8(9)13-7/h2-6H,1H3,(H2,9,11,13). The van der Waals surface area contributed by atoms with Crippen LogP contribution in [-0.4, -0.2) is 24.7 Å². The van der Waals surface area contributed by atoms with Crippen LogP contribution in [0.25, 0.3) is 0 Å². The first-order valence-electron chi connectivity index (χ1n) is 4.20. The Morgan fingerprint density at radius 1 is 1.50 bits per heavy atom. The molecule has 0 radical (unpaired) electrons. The lowest BCUT2D eigenvalue weighted by molar-refractivity contribution is 0.549. The van der Waals surface area contributed by atoms with E-state index in [1.807, 2.05) is 13.0 Å². The quantitative estimate of drug-likeness (QED) is 0.734. The Bertz CT molecular complexity index is 410. The van der Waals surface area contributed by atoms with E-state index in [2.05, 4.69) is 20.1 Å². The van der Waals surface area contributed by atoms with Crippen LogP contribution >= 0.6 is 0 Å². The lowest BCUT2D eigenvalue weighted by atomic mass is 10.2.